The third-order valence-corrected chi connectivity index (χ3v) is 4.67. The number of H-pyrrole nitrogens is 1. The highest BCUT2D eigenvalue weighted by Crippen LogP contribution is 2.22. The molecule has 0 aliphatic rings. The number of rotatable bonds is 5. The number of aliphatic imine (C=N–C) groups is 1. The number of non-ortho nitro benzene ring substituents is 1. The zero-order valence-corrected chi connectivity index (χ0v) is 16.1. The van der Waals surface area contributed by atoms with Crippen LogP contribution >= 0.6 is 0 Å². The number of nitrogens with one attached hydrogen (secondary N) is 1. The highest BCUT2D eigenvalue weighted by Gasteiger charge is 2.19. The maximum absolute atomic E-state index is 13.3. The fourth-order valence-corrected chi connectivity index (χ4v) is 3.22. The maximum atomic E-state index is 13.3. The summed E-state index contributed by atoms with van der Waals surface area (Å²) in [5.74, 6) is 0. The molecule has 1 aromatic heterocycles. The molecule has 1 heterocycles. The Labute approximate surface area is 172 Å². The van der Waals surface area contributed by atoms with Gasteiger partial charge in [-0.3, -0.25) is 20.0 Å². The highest BCUT2D eigenvalue weighted by atomic mass is 16.6. The number of aromatic amines is 1. The van der Waals surface area contributed by atoms with Crippen molar-refractivity contribution in [2.45, 2.75) is 6.92 Å². The third-order valence-electron chi connectivity index (χ3n) is 4.67. The monoisotopic (exact) mass is 398 g/mol. The Morgan fingerprint density at radius 3 is 2.13 bits per heavy atom. The SMILES string of the molecule is Cc1[nH]n(-c2ccccc2)c(=O)c1C(=Nc1ccc([N+](=O)[O-])cc1)c1ccccc1. The van der Waals surface area contributed by atoms with Crippen LogP contribution in [0.2, 0.25) is 0 Å². The minimum atomic E-state index is -0.458. The fourth-order valence-electron chi connectivity index (χ4n) is 3.22. The van der Waals surface area contributed by atoms with Gasteiger partial charge in [0.1, 0.15) is 0 Å². The first-order chi connectivity index (χ1) is 14.5. The lowest BCUT2D eigenvalue weighted by Crippen LogP contribution is -2.21. The van der Waals surface area contributed by atoms with Crippen LogP contribution in [-0.4, -0.2) is 20.4 Å². The molecule has 7 heteroatoms. The van der Waals surface area contributed by atoms with Gasteiger partial charge in [-0.15, -0.1) is 0 Å². The quantitative estimate of drug-likeness (QED) is 0.304. The summed E-state index contributed by atoms with van der Waals surface area (Å²) in [5, 5.41) is 14.0. The van der Waals surface area contributed by atoms with Crippen LogP contribution < -0.4 is 5.56 Å². The van der Waals surface area contributed by atoms with Crippen molar-refractivity contribution < 1.29 is 4.92 Å². The van der Waals surface area contributed by atoms with Crippen molar-refractivity contribution in [2.24, 2.45) is 4.99 Å². The average Bonchev–Trinajstić information content (AvgIpc) is 3.07. The second kappa shape index (κ2) is 8.00. The molecule has 4 aromatic rings. The van der Waals surface area contributed by atoms with Crippen LogP contribution in [0.4, 0.5) is 11.4 Å². The highest BCUT2D eigenvalue weighted by molar-refractivity contribution is 6.14. The van der Waals surface area contributed by atoms with Crippen LogP contribution in [0.25, 0.3) is 5.69 Å². The number of nitrogens with zero attached hydrogens (tertiary/aromatic N) is 3. The summed E-state index contributed by atoms with van der Waals surface area (Å²) in [7, 11) is 0. The lowest BCUT2D eigenvalue weighted by Gasteiger charge is -2.06. The number of nitro benzene ring substituents is 1. The molecule has 0 spiro atoms. The van der Waals surface area contributed by atoms with Crippen molar-refractivity contribution in [3.63, 3.8) is 0 Å². The van der Waals surface area contributed by atoms with E-state index in [2.05, 4.69) is 10.1 Å². The van der Waals surface area contributed by atoms with Crippen LogP contribution in [0, 0.1) is 17.0 Å². The van der Waals surface area contributed by atoms with Gasteiger partial charge in [0.2, 0.25) is 0 Å². The van der Waals surface area contributed by atoms with Gasteiger partial charge in [-0.25, -0.2) is 9.67 Å². The Morgan fingerprint density at radius 2 is 1.53 bits per heavy atom. The molecular formula is C23H18N4O3. The summed E-state index contributed by atoms with van der Waals surface area (Å²) in [6.45, 7) is 1.82. The predicted molar refractivity (Wildman–Crippen MR) is 116 cm³/mol. The van der Waals surface area contributed by atoms with E-state index in [0.717, 1.165) is 11.3 Å². The number of para-hydroxylation sites is 1. The number of hydrogen-bond acceptors (Lipinski definition) is 4. The number of aromatic nitrogens is 2. The second-order valence-corrected chi connectivity index (χ2v) is 6.69. The van der Waals surface area contributed by atoms with Crippen LogP contribution in [-0.2, 0) is 0 Å². The topological polar surface area (TPSA) is 93.3 Å². The van der Waals surface area contributed by atoms with E-state index in [1.807, 2.05) is 67.6 Å². The molecule has 0 unspecified atom stereocenters. The smallest absolute Gasteiger partial charge is 0.280 e. The van der Waals surface area contributed by atoms with Crippen molar-refractivity contribution in [1.82, 2.24) is 9.78 Å². The molecule has 0 aliphatic heterocycles. The van der Waals surface area contributed by atoms with Gasteiger partial charge in [0.05, 0.1) is 27.6 Å². The van der Waals surface area contributed by atoms with Crippen molar-refractivity contribution in [3.8, 4) is 5.69 Å². The van der Waals surface area contributed by atoms with Crippen LogP contribution in [0.1, 0.15) is 16.8 Å². The van der Waals surface area contributed by atoms with Gasteiger partial charge in [0.25, 0.3) is 11.2 Å². The largest absolute Gasteiger partial charge is 0.295 e. The molecular weight excluding hydrogens is 380 g/mol. The Balaban J connectivity index is 1.89. The normalized spacial score (nSPS) is 11.4. The van der Waals surface area contributed by atoms with E-state index in [1.165, 1.54) is 16.8 Å². The van der Waals surface area contributed by atoms with Gasteiger partial charge in [0.15, 0.2) is 0 Å². The van der Waals surface area contributed by atoms with E-state index < -0.39 is 4.92 Å². The summed E-state index contributed by atoms with van der Waals surface area (Å²) in [6.07, 6.45) is 0. The zero-order valence-electron chi connectivity index (χ0n) is 16.1. The predicted octanol–water partition coefficient (Wildman–Crippen LogP) is 4.55. The van der Waals surface area contributed by atoms with E-state index in [-0.39, 0.29) is 11.2 Å². The van der Waals surface area contributed by atoms with Crippen molar-refractivity contribution in [3.05, 3.63) is 122 Å². The number of nitro groups is 1. The molecule has 148 valence electrons. The van der Waals surface area contributed by atoms with Gasteiger partial charge in [-0.05, 0) is 31.2 Å². The lowest BCUT2D eigenvalue weighted by atomic mass is 10.0. The summed E-state index contributed by atoms with van der Waals surface area (Å²) < 4.78 is 1.49. The van der Waals surface area contributed by atoms with Crippen LogP contribution in [0.15, 0.2) is 94.7 Å². The Morgan fingerprint density at radius 1 is 0.933 bits per heavy atom. The van der Waals surface area contributed by atoms with Crippen LogP contribution in [0.3, 0.4) is 0 Å². The van der Waals surface area contributed by atoms with E-state index in [1.54, 1.807) is 12.1 Å². The summed E-state index contributed by atoms with van der Waals surface area (Å²) >= 11 is 0. The minimum Gasteiger partial charge on any atom is -0.295 e. The first-order valence-electron chi connectivity index (χ1n) is 9.30. The minimum absolute atomic E-state index is 0.0144. The molecule has 0 saturated carbocycles. The van der Waals surface area contributed by atoms with E-state index in [0.29, 0.717) is 22.7 Å². The fraction of sp³-hybridized carbons (Fsp3) is 0.0435. The molecule has 7 nitrogen and oxygen atoms in total. The van der Waals surface area contributed by atoms with Gasteiger partial charge < -0.3 is 0 Å². The standard InChI is InChI=1S/C23H18N4O3/c1-16-21(23(28)26(25-16)19-10-6-3-7-11-19)22(17-8-4-2-5-9-17)24-18-12-14-20(15-13-18)27(29)30/h2-15,25H,1H3. The summed E-state index contributed by atoms with van der Waals surface area (Å²) in [6, 6.07) is 24.6. The molecule has 0 saturated heterocycles. The molecule has 0 bridgehead atoms. The molecule has 4 rings (SSSR count). The van der Waals surface area contributed by atoms with Crippen molar-refractivity contribution in [1.29, 1.82) is 0 Å². The van der Waals surface area contributed by atoms with Gasteiger partial charge in [-0.2, -0.15) is 0 Å². The molecule has 0 aliphatic carbocycles. The Kier molecular flexibility index (Phi) is 5.09. The Hall–Kier alpha value is -4.26. The number of benzene rings is 3. The number of aryl methyl sites for hydroxylation is 1. The lowest BCUT2D eigenvalue weighted by molar-refractivity contribution is -0.384. The van der Waals surface area contributed by atoms with Gasteiger partial charge >= 0.3 is 0 Å². The van der Waals surface area contributed by atoms with Gasteiger partial charge in [0, 0.05) is 23.4 Å². The number of hydrogen-bond donors (Lipinski definition) is 1. The third kappa shape index (κ3) is 3.68. The van der Waals surface area contributed by atoms with E-state index in [4.69, 9.17) is 0 Å². The molecule has 0 fully saturated rings. The molecule has 0 atom stereocenters. The summed E-state index contributed by atoms with van der Waals surface area (Å²) in [4.78, 5) is 28.5. The maximum Gasteiger partial charge on any atom is 0.280 e. The molecule has 0 radical (unpaired) electrons. The zero-order chi connectivity index (χ0) is 21.1. The summed E-state index contributed by atoms with van der Waals surface area (Å²) in [5.41, 5.74) is 3.40. The van der Waals surface area contributed by atoms with Gasteiger partial charge in [-0.1, -0.05) is 48.5 Å². The molecule has 3 aromatic carbocycles. The van der Waals surface area contributed by atoms with E-state index >= 15 is 0 Å². The second-order valence-electron chi connectivity index (χ2n) is 6.69. The van der Waals surface area contributed by atoms with Crippen molar-refractivity contribution in [2.75, 3.05) is 0 Å². The Bertz CT molecular complexity index is 1270. The first-order valence-corrected chi connectivity index (χ1v) is 9.30. The molecule has 30 heavy (non-hydrogen) atoms. The van der Waals surface area contributed by atoms with E-state index in [9.17, 15) is 14.9 Å². The molecule has 0 amide bonds. The van der Waals surface area contributed by atoms with Crippen molar-refractivity contribution >= 4 is 17.1 Å². The first kappa shape index (κ1) is 19.1. The average molecular weight is 398 g/mol. The molecule has 1 N–H and O–H groups in total. The van der Waals surface area contributed by atoms with Crippen LogP contribution in [0.5, 0.6) is 0 Å².